The minimum atomic E-state index is -0.324. The first-order valence-corrected chi connectivity index (χ1v) is 8.04. The largest absolute Gasteiger partial charge is 0.494 e. The van der Waals surface area contributed by atoms with Gasteiger partial charge < -0.3 is 10.1 Å². The molecule has 0 bridgehead atoms. The van der Waals surface area contributed by atoms with Crippen molar-refractivity contribution in [3.63, 3.8) is 0 Å². The number of rotatable bonds is 4. The monoisotopic (exact) mass is 344 g/mol. The van der Waals surface area contributed by atoms with E-state index < -0.39 is 0 Å². The molecule has 3 aromatic rings. The molecular weight excluding hydrogens is 327 g/mol. The lowest BCUT2D eigenvalue weighted by Gasteiger charge is -2.20. The van der Waals surface area contributed by atoms with Gasteiger partial charge in [-0.25, -0.2) is 9.37 Å². The van der Waals surface area contributed by atoms with Crippen LogP contribution in [0, 0.1) is 12.7 Å². The lowest BCUT2D eigenvalue weighted by molar-refractivity contribution is 0.419. The number of aromatic nitrogens is 1. The third-order valence-electron chi connectivity index (χ3n) is 3.96. The molecule has 1 unspecified atom stereocenters. The highest BCUT2D eigenvalue weighted by Crippen LogP contribution is 2.34. The minimum absolute atomic E-state index is 0.296. The minimum Gasteiger partial charge on any atom is -0.494 e. The van der Waals surface area contributed by atoms with E-state index in [9.17, 15) is 4.39 Å². The molecule has 24 heavy (non-hydrogen) atoms. The van der Waals surface area contributed by atoms with Crippen molar-refractivity contribution in [1.82, 2.24) is 4.98 Å². The van der Waals surface area contributed by atoms with Crippen molar-refractivity contribution in [2.75, 3.05) is 12.4 Å². The van der Waals surface area contributed by atoms with Crippen molar-refractivity contribution in [3.8, 4) is 5.75 Å². The zero-order valence-electron chi connectivity index (χ0n) is 13.7. The number of methoxy groups -OCH3 is 1. The van der Waals surface area contributed by atoms with E-state index in [0.717, 1.165) is 22.3 Å². The van der Waals surface area contributed by atoms with Crippen LogP contribution in [0.15, 0.2) is 42.5 Å². The van der Waals surface area contributed by atoms with Crippen molar-refractivity contribution in [2.45, 2.75) is 19.9 Å². The van der Waals surface area contributed by atoms with Gasteiger partial charge in [0.1, 0.15) is 17.1 Å². The van der Waals surface area contributed by atoms with E-state index in [1.165, 1.54) is 6.07 Å². The molecule has 0 aliphatic carbocycles. The summed E-state index contributed by atoms with van der Waals surface area (Å²) in [6, 6.07) is 12.1. The molecule has 0 aliphatic heterocycles. The summed E-state index contributed by atoms with van der Waals surface area (Å²) < 4.78 is 19.6. The van der Waals surface area contributed by atoms with Crippen LogP contribution in [-0.2, 0) is 0 Å². The first-order valence-electron chi connectivity index (χ1n) is 7.66. The fourth-order valence-corrected chi connectivity index (χ4v) is 3.19. The summed E-state index contributed by atoms with van der Waals surface area (Å²) in [4.78, 5) is 4.56. The first-order chi connectivity index (χ1) is 11.5. The van der Waals surface area contributed by atoms with Gasteiger partial charge in [-0.1, -0.05) is 29.8 Å². The number of para-hydroxylation sites is 1. The molecule has 0 amide bonds. The average molecular weight is 345 g/mol. The maximum absolute atomic E-state index is 14.2. The maximum Gasteiger partial charge on any atom is 0.145 e. The quantitative estimate of drug-likeness (QED) is 0.676. The van der Waals surface area contributed by atoms with Gasteiger partial charge >= 0.3 is 0 Å². The average Bonchev–Trinajstić information content (AvgIpc) is 2.54. The van der Waals surface area contributed by atoms with E-state index in [-0.39, 0.29) is 11.9 Å². The molecule has 1 atom stereocenters. The Kier molecular flexibility index (Phi) is 4.58. The van der Waals surface area contributed by atoms with Crippen LogP contribution < -0.4 is 10.1 Å². The molecule has 3 rings (SSSR count). The van der Waals surface area contributed by atoms with Gasteiger partial charge in [0.25, 0.3) is 0 Å². The summed E-state index contributed by atoms with van der Waals surface area (Å²) in [6.45, 7) is 3.80. The molecule has 0 radical (unpaired) electrons. The predicted molar refractivity (Wildman–Crippen MR) is 96.5 cm³/mol. The second-order valence-corrected chi connectivity index (χ2v) is 6.08. The zero-order chi connectivity index (χ0) is 17.3. The Morgan fingerprint density at radius 1 is 1.21 bits per heavy atom. The fourth-order valence-electron chi connectivity index (χ4n) is 2.86. The van der Waals surface area contributed by atoms with Gasteiger partial charge in [-0.15, -0.1) is 0 Å². The van der Waals surface area contributed by atoms with Crippen LogP contribution in [0.5, 0.6) is 5.75 Å². The van der Waals surface area contributed by atoms with E-state index in [4.69, 9.17) is 16.3 Å². The number of fused-ring (bicyclic) bond motifs is 1. The maximum atomic E-state index is 14.2. The molecule has 1 heterocycles. The first kappa shape index (κ1) is 16.5. The molecule has 1 aromatic heterocycles. The molecule has 0 aliphatic rings. The number of hydrogen-bond donors (Lipinski definition) is 1. The number of anilines is 1. The lowest BCUT2D eigenvalue weighted by Crippen LogP contribution is -2.10. The zero-order valence-corrected chi connectivity index (χ0v) is 14.5. The second-order valence-electron chi connectivity index (χ2n) is 5.67. The molecule has 3 nitrogen and oxygen atoms in total. The number of nitrogens with zero attached hydrogens (tertiary/aromatic N) is 1. The highest BCUT2D eigenvalue weighted by atomic mass is 35.5. The van der Waals surface area contributed by atoms with Crippen LogP contribution in [0.25, 0.3) is 10.9 Å². The molecule has 0 spiro atoms. The van der Waals surface area contributed by atoms with E-state index >= 15 is 0 Å². The Labute approximate surface area is 145 Å². The Bertz CT molecular complexity index is 878. The van der Waals surface area contributed by atoms with E-state index in [2.05, 4.69) is 10.3 Å². The normalized spacial score (nSPS) is 12.2. The Balaban J connectivity index is 2.07. The van der Waals surface area contributed by atoms with E-state index in [1.807, 2.05) is 38.1 Å². The van der Waals surface area contributed by atoms with E-state index in [1.54, 1.807) is 19.2 Å². The van der Waals surface area contributed by atoms with E-state index in [0.29, 0.717) is 16.3 Å². The van der Waals surface area contributed by atoms with Crippen molar-refractivity contribution in [1.29, 1.82) is 0 Å². The smallest absolute Gasteiger partial charge is 0.145 e. The number of aryl methyl sites for hydroxylation is 1. The Hall–Kier alpha value is -2.33. The van der Waals surface area contributed by atoms with Crippen LogP contribution in [0.2, 0.25) is 5.02 Å². The summed E-state index contributed by atoms with van der Waals surface area (Å²) in [5.74, 6) is 0.381. The Morgan fingerprint density at radius 3 is 2.67 bits per heavy atom. The molecule has 0 saturated carbocycles. The van der Waals surface area contributed by atoms with Gasteiger partial charge in [-0.3, -0.25) is 0 Å². The van der Waals surface area contributed by atoms with Crippen LogP contribution in [0.4, 0.5) is 10.1 Å². The Morgan fingerprint density at radius 2 is 1.96 bits per heavy atom. The third-order valence-corrected chi connectivity index (χ3v) is 4.28. The highest BCUT2D eigenvalue weighted by molar-refractivity contribution is 6.31. The fraction of sp³-hybridized carbons (Fsp3) is 0.211. The molecule has 0 saturated heterocycles. The second kappa shape index (κ2) is 6.65. The van der Waals surface area contributed by atoms with Crippen molar-refractivity contribution in [2.24, 2.45) is 0 Å². The number of nitrogens with one attached hydrogen (secondary N) is 1. The topological polar surface area (TPSA) is 34.1 Å². The van der Waals surface area contributed by atoms with Gasteiger partial charge in [0, 0.05) is 27.4 Å². The summed E-state index contributed by atoms with van der Waals surface area (Å²) in [7, 11) is 1.62. The molecule has 1 N–H and O–H groups in total. The van der Waals surface area contributed by atoms with Crippen LogP contribution >= 0.6 is 11.6 Å². The highest BCUT2D eigenvalue weighted by Gasteiger charge is 2.16. The molecule has 0 fully saturated rings. The van der Waals surface area contributed by atoms with Crippen LogP contribution in [0.3, 0.4) is 0 Å². The molecule has 124 valence electrons. The third kappa shape index (κ3) is 3.02. The van der Waals surface area contributed by atoms with Gasteiger partial charge in [0.05, 0.1) is 13.2 Å². The molecular formula is C19H18ClFN2O. The van der Waals surface area contributed by atoms with Gasteiger partial charge in [0.15, 0.2) is 0 Å². The van der Waals surface area contributed by atoms with Crippen LogP contribution in [0.1, 0.15) is 24.2 Å². The van der Waals surface area contributed by atoms with Gasteiger partial charge in [-0.05, 0) is 38.1 Å². The van der Waals surface area contributed by atoms with Gasteiger partial charge in [-0.2, -0.15) is 0 Å². The van der Waals surface area contributed by atoms with Crippen molar-refractivity contribution >= 4 is 28.2 Å². The number of ether oxygens (including phenoxy) is 1. The predicted octanol–water partition coefficient (Wildman–Crippen LogP) is 5.52. The SMILES string of the molecule is COc1cccc2c(NC(C)c3c(F)cccc3Cl)cc(C)nc12. The summed E-state index contributed by atoms with van der Waals surface area (Å²) in [6.07, 6.45) is 0. The molecule has 2 aromatic carbocycles. The van der Waals surface area contributed by atoms with Crippen molar-refractivity contribution in [3.05, 3.63) is 64.6 Å². The number of hydrogen-bond acceptors (Lipinski definition) is 3. The summed E-state index contributed by atoms with van der Waals surface area (Å²) >= 11 is 6.18. The summed E-state index contributed by atoms with van der Waals surface area (Å²) in [5.41, 5.74) is 2.93. The number of benzene rings is 2. The number of pyridine rings is 1. The lowest BCUT2D eigenvalue weighted by atomic mass is 10.1. The number of halogens is 2. The van der Waals surface area contributed by atoms with Crippen LogP contribution in [-0.4, -0.2) is 12.1 Å². The van der Waals surface area contributed by atoms with Gasteiger partial charge in [0.2, 0.25) is 0 Å². The summed E-state index contributed by atoms with van der Waals surface area (Å²) in [5, 5.41) is 4.68. The van der Waals surface area contributed by atoms with Crippen molar-refractivity contribution < 1.29 is 9.13 Å². The molecule has 5 heteroatoms. The standard InChI is InChI=1S/C19H18ClFN2O/c1-11-10-16(13-6-4-9-17(24-3)19(13)22-11)23-12(2)18-14(20)7-5-8-15(18)21/h4-10,12H,1-3H3,(H,22,23).